The smallest absolute Gasteiger partial charge is 0.416 e. The largest absolute Gasteiger partial charge is 0.496 e. The summed E-state index contributed by atoms with van der Waals surface area (Å²) in [4.78, 5) is 26.1. The van der Waals surface area contributed by atoms with Gasteiger partial charge in [-0.05, 0) is 109 Å². The van der Waals surface area contributed by atoms with Crippen LogP contribution in [-0.4, -0.2) is 35.2 Å². The number of benzene rings is 4. The fraction of sp³-hybridized carbons (Fsp3) is 0.316. The van der Waals surface area contributed by atoms with Gasteiger partial charge in [-0.3, -0.25) is 4.90 Å². The van der Waals surface area contributed by atoms with Gasteiger partial charge in [-0.2, -0.15) is 39.5 Å². The fourth-order valence-electron chi connectivity index (χ4n) is 7.36. The molecule has 2 aliphatic rings. The molecule has 0 saturated carbocycles. The molecule has 4 aromatic rings. The number of carbonyl (C=O) groups excluding carboxylic acids is 1. The molecule has 2 heterocycles. The Kier molecular flexibility index (Phi) is 9.64. The Hall–Kier alpha value is -5.28. The van der Waals surface area contributed by atoms with E-state index in [0.29, 0.717) is 17.7 Å². The van der Waals surface area contributed by atoms with Crippen LogP contribution in [0.25, 0.3) is 22.3 Å². The number of hydrogen-bond acceptors (Lipinski definition) is 4. The minimum Gasteiger partial charge on any atom is -0.496 e. The van der Waals surface area contributed by atoms with Crippen LogP contribution in [0.15, 0.2) is 60.7 Å². The standard InChI is InChI=1S/C38H29F10NO5/c1-17-9-19(34(50)51)7-8-23(17)25-14-27(32(53-3)16-29(25)39)24-10-18(2)28(38(46,47)48)15-26(24)30-5-4-6-31-33(54-35(52)49(30)31)20-11-21(36(40,41)42)13-22(12-20)37(43,44)45/h7-16,30-31,33H,4-6H2,1-3H3,(H,50,51)/t30-,31-,33+/m0/s1. The Bertz CT molecular complexity index is 2130. The molecule has 4 aromatic carbocycles. The number of carboxylic acids is 1. The number of aryl methyl sites for hydroxylation is 2. The molecular formula is C38H29F10NO5. The molecule has 1 amide bonds. The van der Waals surface area contributed by atoms with Crippen LogP contribution in [0.2, 0.25) is 0 Å². The van der Waals surface area contributed by atoms with Gasteiger partial charge in [0.05, 0.1) is 41.4 Å². The number of cyclic esters (lactones) is 1. The summed E-state index contributed by atoms with van der Waals surface area (Å²) in [6.45, 7) is 2.73. The number of carbonyl (C=O) groups is 2. The van der Waals surface area contributed by atoms with Gasteiger partial charge in [0, 0.05) is 17.2 Å². The van der Waals surface area contributed by atoms with E-state index in [4.69, 9.17) is 9.47 Å². The van der Waals surface area contributed by atoms with Crippen LogP contribution < -0.4 is 4.74 Å². The lowest BCUT2D eigenvalue weighted by Gasteiger charge is -2.38. The first-order chi connectivity index (χ1) is 25.1. The van der Waals surface area contributed by atoms with E-state index in [0.717, 1.165) is 17.0 Å². The molecule has 0 unspecified atom stereocenters. The molecule has 3 atom stereocenters. The number of fused-ring (bicyclic) bond motifs is 1. The zero-order valence-corrected chi connectivity index (χ0v) is 28.4. The van der Waals surface area contributed by atoms with Gasteiger partial charge < -0.3 is 14.6 Å². The Balaban J connectivity index is 1.53. The first-order valence-electron chi connectivity index (χ1n) is 16.3. The molecule has 2 aliphatic heterocycles. The summed E-state index contributed by atoms with van der Waals surface area (Å²) in [5.41, 5.74) is -4.65. The van der Waals surface area contributed by atoms with Gasteiger partial charge in [0.1, 0.15) is 17.7 Å². The molecule has 0 aliphatic carbocycles. The van der Waals surface area contributed by atoms with Gasteiger partial charge in [-0.15, -0.1) is 0 Å². The molecule has 1 N–H and O–H groups in total. The third-order valence-electron chi connectivity index (χ3n) is 9.80. The number of rotatable bonds is 6. The summed E-state index contributed by atoms with van der Waals surface area (Å²) >= 11 is 0. The van der Waals surface area contributed by atoms with Crippen LogP contribution in [0.1, 0.15) is 80.7 Å². The lowest BCUT2D eigenvalue weighted by molar-refractivity contribution is -0.143. The molecular weight excluding hydrogens is 740 g/mol. The Morgan fingerprint density at radius 1 is 0.778 bits per heavy atom. The number of aromatic carboxylic acids is 1. The van der Waals surface area contributed by atoms with E-state index >= 15 is 4.39 Å². The SMILES string of the molecule is COc1cc(F)c(-c2ccc(C(=O)O)cc2C)cc1-c1cc(C)c(C(F)(F)F)cc1[C@@H]1CCC[C@H]2[C@@H](c3cc(C(F)(F)F)cc(C(F)(F)F)c3)OC(=O)N12. The summed E-state index contributed by atoms with van der Waals surface area (Å²) in [7, 11) is 1.20. The average Bonchev–Trinajstić information content (AvgIpc) is 3.43. The van der Waals surface area contributed by atoms with Crippen molar-refractivity contribution in [1.82, 2.24) is 4.90 Å². The third-order valence-corrected chi connectivity index (χ3v) is 9.80. The van der Waals surface area contributed by atoms with Crippen molar-refractivity contribution in [2.24, 2.45) is 0 Å². The minimum absolute atomic E-state index is 0.0220. The maximum absolute atomic E-state index is 15.7. The minimum atomic E-state index is -5.19. The summed E-state index contributed by atoms with van der Waals surface area (Å²) < 4.78 is 152. The zero-order chi connectivity index (χ0) is 39.7. The van der Waals surface area contributed by atoms with E-state index in [-0.39, 0.29) is 70.0 Å². The van der Waals surface area contributed by atoms with E-state index in [1.54, 1.807) is 6.92 Å². The van der Waals surface area contributed by atoms with E-state index in [1.165, 1.54) is 44.4 Å². The fourth-order valence-corrected chi connectivity index (χ4v) is 7.36. The summed E-state index contributed by atoms with van der Waals surface area (Å²) in [5.74, 6) is -2.16. The number of alkyl halides is 9. The molecule has 0 spiro atoms. The van der Waals surface area contributed by atoms with Crippen molar-refractivity contribution in [3.63, 3.8) is 0 Å². The Morgan fingerprint density at radius 3 is 1.98 bits per heavy atom. The van der Waals surface area contributed by atoms with Crippen LogP contribution >= 0.6 is 0 Å². The monoisotopic (exact) mass is 769 g/mol. The number of ether oxygens (including phenoxy) is 2. The van der Waals surface area contributed by atoms with E-state index in [9.17, 15) is 54.2 Å². The quantitative estimate of drug-likeness (QED) is 0.198. The van der Waals surface area contributed by atoms with Crippen molar-refractivity contribution in [1.29, 1.82) is 0 Å². The van der Waals surface area contributed by atoms with Gasteiger partial charge in [-0.1, -0.05) is 12.1 Å². The van der Waals surface area contributed by atoms with E-state index in [2.05, 4.69) is 0 Å². The molecule has 6 rings (SSSR count). The molecule has 16 heteroatoms. The maximum atomic E-state index is 15.7. The summed E-state index contributed by atoms with van der Waals surface area (Å²) in [5, 5.41) is 9.40. The number of amides is 1. The number of nitrogens with zero attached hydrogens (tertiary/aromatic N) is 1. The first-order valence-corrected chi connectivity index (χ1v) is 16.3. The molecule has 0 bridgehead atoms. The van der Waals surface area contributed by atoms with Crippen molar-refractivity contribution >= 4 is 12.1 Å². The Labute approximate surface area is 300 Å². The second-order valence-corrected chi connectivity index (χ2v) is 13.2. The molecule has 0 radical (unpaired) electrons. The topological polar surface area (TPSA) is 76.1 Å². The van der Waals surface area contributed by atoms with Gasteiger partial charge >= 0.3 is 30.6 Å². The number of carboxylic acid groups (broad SMARTS) is 1. The first kappa shape index (κ1) is 38.4. The predicted octanol–water partition coefficient (Wildman–Crippen LogP) is 11.3. The maximum Gasteiger partial charge on any atom is 0.416 e. The summed E-state index contributed by atoms with van der Waals surface area (Å²) in [6, 6.07) is 6.69. The van der Waals surface area contributed by atoms with Gasteiger partial charge in [0.25, 0.3) is 0 Å². The van der Waals surface area contributed by atoms with Crippen LogP contribution in [-0.2, 0) is 23.3 Å². The third kappa shape index (κ3) is 7.05. The van der Waals surface area contributed by atoms with Crippen LogP contribution in [0.4, 0.5) is 48.7 Å². The molecule has 0 aromatic heterocycles. The zero-order valence-electron chi connectivity index (χ0n) is 28.4. The number of methoxy groups -OCH3 is 1. The van der Waals surface area contributed by atoms with Crippen LogP contribution in [0.5, 0.6) is 5.75 Å². The van der Waals surface area contributed by atoms with Crippen molar-refractivity contribution < 1.29 is 68.1 Å². The summed E-state index contributed by atoms with van der Waals surface area (Å²) in [6.07, 6.45) is -17.8. The highest BCUT2D eigenvalue weighted by Gasteiger charge is 2.50. The lowest BCUT2D eigenvalue weighted by atomic mass is 9.82. The van der Waals surface area contributed by atoms with Gasteiger partial charge in [0.15, 0.2) is 0 Å². The average molecular weight is 770 g/mol. The van der Waals surface area contributed by atoms with Gasteiger partial charge in [-0.25, -0.2) is 14.0 Å². The molecule has 6 nitrogen and oxygen atoms in total. The molecule has 2 fully saturated rings. The van der Waals surface area contributed by atoms with E-state index < -0.39 is 76.9 Å². The highest BCUT2D eigenvalue weighted by atomic mass is 19.4. The highest BCUT2D eigenvalue weighted by Crippen LogP contribution is 2.51. The highest BCUT2D eigenvalue weighted by molar-refractivity contribution is 5.89. The molecule has 54 heavy (non-hydrogen) atoms. The van der Waals surface area contributed by atoms with Gasteiger partial charge in [0.2, 0.25) is 0 Å². The predicted molar refractivity (Wildman–Crippen MR) is 173 cm³/mol. The van der Waals surface area contributed by atoms with E-state index in [1.807, 2.05) is 0 Å². The normalized spacial score (nSPS) is 19.1. The van der Waals surface area contributed by atoms with Crippen molar-refractivity contribution in [2.75, 3.05) is 7.11 Å². The molecule has 2 saturated heterocycles. The van der Waals surface area contributed by atoms with Crippen LogP contribution in [0.3, 0.4) is 0 Å². The molecule has 286 valence electrons. The van der Waals surface area contributed by atoms with Crippen molar-refractivity contribution in [3.8, 4) is 28.0 Å². The number of halogens is 10. The lowest BCUT2D eigenvalue weighted by Crippen LogP contribution is -2.41. The number of hydrogen-bond donors (Lipinski definition) is 1. The Morgan fingerprint density at radius 2 is 1.43 bits per heavy atom. The second-order valence-electron chi connectivity index (χ2n) is 13.2. The second kappa shape index (κ2) is 13.5. The van der Waals surface area contributed by atoms with Crippen molar-refractivity contribution in [3.05, 3.63) is 111 Å². The number of piperidine rings is 1. The van der Waals surface area contributed by atoms with Crippen molar-refractivity contribution in [2.45, 2.75) is 69.8 Å². The van der Waals surface area contributed by atoms with Crippen LogP contribution in [0, 0.1) is 19.7 Å².